The monoisotopic (exact) mass is 269 g/mol. The van der Waals surface area contributed by atoms with Gasteiger partial charge in [-0.15, -0.1) is 0 Å². The standard InChI is InChI=1S/C14H27N3O2/c1-2-9-16-12(18)10-17-13(19)14(11-15)7-5-3-4-6-8-14/h2-11,15H2,1H3,(H,16,18)(H,17,19). The Morgan fingerprint density at radius 1 is 1.11 bits per heavy atom. The van der Waals surface area contributed by atoms with Crippen LogP contribution in [-0.2, 0) is 9.59 Å². The van der Waals surface area contributed by atoms with Gasteiger partial charge in [0.25, 0.3) is 0 Å². The van der Waals surface area contributed by atoms with Crippen LogP contribution in [0.15, 0.2) is 0 Å². The van der Waals surface area contributed by atoms with Crippen LogP contribution < -0.4 is 16.4 Å². The van der Waals surface area contributed by atoms with Gasteiger partial charge in [0.1, 0.15) is 0 Å². The Labute approximate surface area is 115 Å². The summed E-state index contributed by atoms with van der Waals surface area (Å²) in [6.07, 6.45) is 7.02. The maximum absolute atomic E-state index is 12.3. The van der Waals surface area contributed by atoms with Gasteiger partial charge in [0.05, 0.1) is 12.0 Å². The molecule has 0 atom stereocenters. The Morgan fingerprint density at radius 3 is 2.26 bits per heavy atom. The molecular formula is C14H27N3O2. The van der Waals surface area contributed by atoms with Gasteiger partial charge in [-0.2, -0.15) is 0 Å². The third-order valence-corrected chi connectivity index (χ3v) is 3.91. The van der Waals surface area contributed by atoms with Crippen LogP contribution in [0.25, 0.3) is 0 Å². The van der Waals surface area contributed by atoms with E-state index in [0.717, 1.165) is 32.1 Å². The van der Waals surface area contributed by atoms with Crippen LogP contribution in [0.3, 0.4) is 0 Å². The van der Waals surface area contributed by atoms with Gasteiger partial charge in [0.2, 0.25) is 11.8 Å². The fourth-order valence-electron chi connectivity index (χ4n) is 2.60. The minimum Gasteiger partial charge on any atom is -0.355 e. The number of carbonyl (C=O) groups is 2. The summed E-state index contributed by atoms with van der Waals surface area (Å²) in [4.78, 5) is 23.8. The van der Waals surface area contributed by atoms with Crippen LogP contribution in [-0.4, -0.2) is 31.4 Å². The summed E-state index contributed by atoms with van der Waals surface area (Å²) >= 11 is 0. The first-order chi connectivity index (χ1) is 9.14. The van der Waals surface area contributed by atoms with Gasteiger partial charge in [0, 0.05) is 13.1 Å². The zero-order valence-corrected chi connectivity index (χ0v) is 12.0. The highest BCUT2D eigenvalue weighted by Crippen LogP contribution is 2.34. The van der Waals surface area contributed by atoms with E-state index in [-0.39, 0.29) is 18.4 Å². The van der Waals surface area contributed by atoms with Crippen LogP contribution >= 0.6 is 0 Å². The van der Waals surface area contributed by atoms with Gasteiger partial charge in [-0.3, -0.25) is 9.59 Å². The van der Waals surface area contributed by atoms with E-state index >= 15 is 0 Å². The molecule has 0 unspecified atom stereocenters. The molecule has 5 nitrogen and oxygen atoms in total. The Morgan fingerprint density at radius 2 is 1.74 bits per heavy atom. The maximum atomic E-state index is 12.3. The van der Waals surface area contributed by atoms with Crippen molar-refractivity contribution in [2.45, 2.75) is 51.9 Å². The van der Waals surface area contributed by atoms with Crippen molar-refractivity contribution >= 4 is 11.8 Å². The molecule has 0 aromatic rings. The van der Waals surface area contributed by atoms with Crippen LogP contribution in [0.4, 0.5) is 0 Å². The maximum Gasteiger partial charge on any atom is 0.239 e. The molecule has 2 amide bonds. The molecular weight excluding hydrogens is 242 g/mol. The van der Waals surface area contributed by atoms with Crippen molar-refractivity contribution in [1.29, 1.82) is 0 Å². The number of nitrogens with one attached hydrogen (secondary N) is 2. The molecule has 0 aromatic heterocycles. The third-order valence-electron chi connectivity index (χ3n) is 3.91. The predicted molar refractivity (Wildman–Crippen MR) is 75.5 cm³/mol. The molecule has 0 bridgehead atoms. The summed E-state index contributed by atoms with van der Waals surface area (Å²) in [6, 6.07) is 0. The molecule has 1 fully saturated rings. The predicted octanol–water partition coefficient (Wildman–Crippen LogP) is 0.928. The van der Waals surface area contributed by atoms with Crippen molar-refractivity contribution in [1.82, 2.24) is 10.6 Å². The molecule has 0 saturated heterocycles. The van der Waals surface area contributed by atoms with E-state index in [2.05, 4.69) is 10.6 Å². The molecule has 0 spiro atoms. The summed E-state index contributed by atoms with van der Waals surface area (Å²) in [5, 5.41) is 5.50. The summed E-state index contributed by atoms with van der Waals surface area (Å²) in [7, 11) is 0. The molecule has 19 heavy (non-hydrogen) atoms. The minimum atomic E-state index is -0.457. The molecule has 4 N–H and O–H groups in total. The van der Waals surface area contributed by atoms with E-state index in [4.69, 9.17) is 5.73 Å². The topological polar surface area (TPSA) is 84.2 Å². The normalized spacial score (nSPS) is 18.4. The first kappa shape index (κ1) is 16.0. The van der Waals surface area contributed by atoms with Gasteiger partial charge < -0.3 is 16.4 Å². The number of carbonyl (C=O) groups excluding carboxylic acids is 2. The van der Waals surface area contributed by atoms with Crippen LogP contribution in [0, 0.1) is 5.41 Å². The smallest absolute Gasteiger partial charge is 0.239 e. The minimum absolute atomic E-state index is 0.0523. The van der Waals surface area contributed by atoms with Gasteiger partial charge in [0.15, 0.2) is 0 Å². The quantitative estimate of drug-likeness (QED) is 0.627. The summed E-state index contributed by atoms with van der Waals surface area (Å²) < 4.78 is 0. The summed E-state index contributed by atoms with van der Waals surface area (Å²) in [5.41, 5.74) is 5.38. The van der Waals surface area contributed by atoms with Crippen molar-refractivity contribution in [2.75, 3.05) is 19.6 Å². The average Bonchev–Trinajstić information content (AvgIpc) is 2.68. The van der Waals surface area contributed by atoms with Crippen LogP contribution in [0.5, 0.6) is 0 Å². The SMILES string of the molecule is CCCNC(=O)CNC(=O)C1(CN)CCCCCC1. The van der Waals surface area contributed by atoms with E-state index < -0.39 is 5.41 Å². The first-order valence-electron chi connectivity index (χ1n) is 7.39. The molecule has 0 aliphatic heterocycles. The molecule has 0 heterocycles. The Bertz CT molecular complexity index is 297. The van der Waals surface area contributed by atoms with Crippen molar-refractivity contribution < 1.29 is 9.59 Å². The van der Waals surface area contributed by atoms with E-state index in [1.807, 2.05) is 6.92 Å². The second-order valence-corrected chi connectivity index (χ2v) is 5.43. The molecule has 110 valence electrons. The van der Waals surface area contributed by atoms with E-state index in [9.17, 15) is 9.59 Å². The first-order valence-corrected chi connectivity index (χ1v) is 7.39. The lowest BCUT2D eigenvalue weighted by molar-refractivity contribution is -0.133. The highest BCUT2D eigenvalue weighted by Gasteiger charge is 2.37. The molecule has 5 heteroatoms. The number of amides is 2. The second kappa shape index (κ2) is 8.15. The van der Waals surface area contributed by atoms with Gasteiger partial charge >= 0.3 is 0 Å². The highest BCUT2D eigenvalue weighted by atomic mass is 16.2. The second-order valence-electron chi connectivity index (χ2n) is 5.43. The Balaban J connectivity index is 2.46. The lowest BCUT2D eigenvalue weighted by Crippen LogP contribution is -2.48. The number of hydrogen-bond acceptors (Lipinski definition) is 3. The lowest BCUT2D eigenvalue weighted by atomic mass is 9.79. The molecule has 1 saturated carbocycles. The molecule has 1 aliphatic carbocycles. The third kappa shape index (κ3) is 4.82. The van der Waals surface area contributed by atoms with E-state index in [1.165, 1.54) is 12.8 Å². The van der Waals surface area contributed by atoms with E-state index in [0.29, 0.717) is 13.1 Å². The van der Waals surface area contributed by atoms with Crippen molar-refractivity contribution in [3.05, 3.63) is 0 Å². The fourth-order valence-corrected chi connectivity index (χ4v) is 2.60. The van der Waals surface area contributed by atoms with Gasteiger partial charge in [-0.1, -0.05) is 32.6 Å². The number of hydrogen-bond donors (Lipinski definition) is 3. The Hall–Kier alpha value is -1.10. The van der Waals surface area contributed by atoms with Gasteiger partial charge in [-0.05, 0) is 19.3 Å². The van der Waals surface area contributed by atoms with Crippen LogP contribution in [0.1, 0.15) is 51.9 Å². The molecule has 1 aliphatic rings. The Kier molecular flexibility index (Phi) is 6.84. The van der Waals surface area contributed by atoms with E-state index in [1.54, 1.807) is 0 Å². The number of rotatable bonds is 6. The van der Waals surface area contributed by atoms with Crippen molar-refractivity contribution in [2.24, 2.45) is 11.1 Å². The molecule has 0 aromatic carbocycles. The molecule has 1 rings (SSSR count). The zero-order valence-electron chi connectivity index (χ0n) is 12.0. The molecule has 0 radical (unpaired) electrons. The van der Waals surface area contributed by atoms with Crippen molar-refractivity contribution in [3.63, 3.8) is 0 Å². The van der Waals surface area contributed by atoms with Crippen molar-refractivity contribution in [3.8, 4) is 0 Å². The zero-order chi connectivity index (χ0) is 14.1. The fraction of sp³-hybridized carbons (Fsp3) is 0.857. The summed E-state index contributed by atoms with van der Waals surface area (Å²) in [6.45, 7) is 3.07. The number of nitrogens with two attached hydrogens (primary N) is 1. The lowest BCUT2D eigenvalue weighted by Gasteiger charge is -2.29. The highest BCUT2D eigenvalue weighted by molar-refractivity contribution is 5.88. The largest absolute Gasteiger partial charge is 0.355 e. The van der Waals surface area contributed by atoms with Crippen LogP contribution in [0.2, 0.25) is 0 Å². The van der Waals surface area contributed by atoms with Gasteiger partial charge in [-0.25, -0.2) is 0 Å². The average molecular weight is 269 g/mol. The summed E-state index contributed by atoms with van der Waals surface area (Å²) in [5.74, 6) is -0.181.